The monoisotopic (exact) mass is 270 g/mol. The highest BCUT2D eigenvalue weighted by atomic mass is 16.5. The molecule has 0 aliphatic rings. The minimum Gasteiger partial charge on any atom is -0.464 e. The molecule has 0 heterocycles. The maximum atomic E-state index is 11.9. The van der Waals surface area contributed by atoms with E-state index in [1.165, 1.54) is 13.8 Å². The Labute approximate surface area is 115 Å². The molecule has 0 N–H and O–H groups in total. The van der Waals surface area contributed by atoms with Crippen LogP contribution >= 0.6 is 0 Å². The van der Waals surface area contributed by atoms with Crippen molar-refractivity contribution in [1.29, 1.82) is 0 Å². The van der Waals surface area contributed by atoms with E-state index in [0.29, 0.717) is 6.42 Å². The first-order valence-corrected chi connectivity index (χ1v) is 6.63. The van der Waals surface area contributed by atoms with E-state index in [2.05, 4.69) is 0 Å². The minimum absolute atomic E-state index is 0.161. The van der Waals surface area contributed by atoms with Gasteiger partial charge in [-0.25, -0.2) is 0 Å². The van der Waals surface area contributed by atoms with Crippen LogP contribution in [0, 0.1) is 16.7 Å². The molecule has 110 valence electrons. The fourth-order valence-corrected chi connectivity index (χ4v) is 1.90. The zero-order chi connectivity index (χ0) is 15.4. The van der Waals surface area contributed by atoms with Crippen LogP contribution in [0.1, 0.15) is 54.9 Å². The quantitative estimate of drug-likeness (QED) is 0.550. The summed E-state index contributed by atoms with van der Waals surface area (Å²) in [6.45, 7) is 11.7. The van der Waals surface area contributed by atoms with Crippen molar-refractivity contribution in [2.45, 2.75) is 54.9 Å². The second-order valence-corrected chi connectivity index (χ2v) is 6.62. The molecule has 0 radical (unpaired) electrons. The van der Waals surface area contributed by atoms with Gasteiger partial charge in [0.05, 0.1) is 5.41 Å². The highest BCUT2D eigenvalue weighted by Gasteiger charge is 2.43. The number of ether oxygens (including phenoxy) is 1. The van der Waals surface area contributed by atoms with Crippen molar-refractivity contribution < 1.29 is 19.1 Å². The summed E-state index contributed by atoms with van der Waals surface area (Å²) in [6.07, 6.45) is 0.398. The third-order valence-electron chi connectivity index (χ3n) is 3.17. The van der Waals surface area contributed by atoms with Crippen LogP contribution in [0.2, 0.25) is 0 Å². The Kier molecular flexibility index (Phi) is 5.91. The molecule has 0 aromatic heterocycles. The van der Waals surface area contributed by atoms with Crippen molar-refractivity contribution >= 4 is 17.5 Å². The molecule has 0 rings (SSSR count). The molecule has 0 amide bonds. The van der Waals surface area contributed by atoms with E-state index in [1.807, 2.05) is 13.8 Å². The molecule has 0 aromatic carbocycles. The average molecular weight is 270 g/mol. The Morgan fingerprint density at radius 3 is 1.68 bits per heavy atom. The Hall–Kier alpha value is -1.19. The van der Waals surface area contributed by atoms with Gasteiger partial charge < -0.3 is 4.74 Å². The van der Waals surface area contributed by atoms with Crippen LogP contribution in [0.5, 0.6) is 0 Å². The number of hydrogen-bond donors (Lipinski definition) is 0. The van der Waals surface area contributed by atoms with Crippen molar-refractivity contribution in [2.75, 3.05) is 6.61 Å². The van der Waals surface area contributed by atoms with Gasteiger partial charge in [0.15, 0.2) is 0 Å². The molecule has 0 atom stereocenters. The Morgan fingerprint density at radius 2 is 1.42 bits per heavy atom. The summed E-state index contributed by atoms with van der Waals surface area (Å²) in [4.78, 5) is 35.6. The van der Waals surface area contributed by atoms with E-state index in [9.17, 15) is 14.4 Å². The Bertz CT molecular complexity index is 347. The van der Waals surface area contributed by atoms with Gasteiger partial charge in [0.1, 0.15) is 23.6 Å². The van der Waals surface area contributed by atoms with Crippen LogP contribution in [0.4, 0.5) is 0 Å². The molecule has 0 saturated carbocycles. The predicted octanol–water partition coefficient (Wildman–Crippen LogP) is 2.79. The fourth-order valence-electron chi connectivity index (χ4n) is 1.90. The second-order valence-electron chi connectivity index (χ2n) is 6.62. The molecule has 0 spiro atoms. The molecule has 0 bridgehead atoms. The number of Topliss-reactive ketones (excluding diaryl/α,β-unsaturated/α-hetero) is 2. The first-order chi connectivity index (χ1) is 8.43. The number of esters is 1. The molecule has 0 fully saturated rings. The zero-order valence-electron chi connectivity index (χ0n) is 13.1. The molecule has 0 saturated heterocycles. The first kappa shape index (κ1) is 17.8. The van der Waals surface area contributed by atoms with Crippen molar-refractivity contribution in [1.82, 2.24) is 0 Å². The van der Waals surface area contributed by atoms with Crippen LogP contribution in [0.25, 0.3) is 0 Å². The number of carbonyl (C=O) groups is 3. The smallest absolute Gasteiger partial charge is 0.311 e. The van der Waals surface area contributed by atoms with Gasteiger partial charge in [-0.05, 0) is 47.0 Å². The molecule has 0 aliphatic carbocycles. The minimum atomic E-state index is -1.20. The lowest BCUT2D eigenvalue weighted by Gasteiger charge is -2.31. The van der Waals surface area contributed by atoms with Crippen molar-refractivity contribution in [3.05, 3.63) is 0 Å². The van der Waals surface area contributed by atoms with E-state index in [0.717, 1.165) is 0 Å². The van der Waals surface area contributed by atoms with Crippen molar-refractivity contribution in [3.8, 4) is 0 Å². The first-order valence-electron chi connectivity index (χ1n) is 6.63. The zero-order valence-corrected chi connectivity index (χ0v) is 13.1. The molecular formula is C15H26O4. The van der Waals surface area contributed by atoms with Gasteiger partial charge in [-0.2, -0.15) is 0 Å². The highest BCUT2D eigenvalue weighted by molar-refractivity contribution is 6.05. The van der Waals surface area contributed by atoms with E-state index >= 15 is 0 Å². The van der Waals surface area contributed by atoms with Crippen LogP contribution in [-0.2, 0) is 19.1 Å². The number of ketones is 2. The normalized spacial score (nSPS) is 12.4. The lowest BCUT2D eigenvalue weighted by atomic mass is 9.74. The number of hydrogen-bond acceptors (Lipinski definition) is 4. The largest absolute Gasteiger partial charge is 0.464 e. The summed E-state index contributed by atoms with van der Waals surface area (Å²) in [5.41, 5.74) is -1.84. The molecule has 4 heteroatoms. The molecule has 0 aromatic rings. The van der Waals surface area contributed by atoms with Gasteiger partial charge in [0.25, 0.3) is 0 Å². The third kappa shape index (κ3) is 4.77. The summed E-state index contributed by atoms with van der Waals surface area (Å²) in [5, 5.41) is 0. The Morgan fingerprint density at radius 1 is 1.00 bits per heavy atom. The van der Waals surface area contributed by atoms with Crippen LogP contribution < -0.4 is 0 Å². The van der Waals surface area contributed by atoms with E-state index in [-0.39, 0.29) is 24.1 Å². The van der Waals surface area contributed by atoms with Crippen molar-refractivity contribution in [2.24, 2.45) is 16.7 Å². The fraction of sp³-hybridized carbons (Fsp3) is 0.800. The third-order valence-corrected chi connectivity index (χ3v) is 3.17. The molecule has 0 unspecified atom stereocenters. The number of carbonyl (C=O) groups excluding carboxylic acids is 3. The lowest BCUT2D eigenvalue weighted by molar-refractivity contribution is -0.161. The SMILES string of the molecule is CC(=O)C(COC(=O)C(C)(C)C)(CC(C)C)C(C)=O. The predicted molar refractivity (Wildman–Crippen MR) is 73.7 cm³/mol. The van der Waals surface area contributed by atoms with Crippen LogP contribution in [-0.4, -0.2) is 24.1 Å². The summed E-state index contributed by atoms with van der Waals surface area (Å²) in [6, 6.07) is 0. The van der Waals surface area contributed by atoms with Crippen LogP contribution in [0.15, 0.2) is 0 Å². The summed E-state index contributed by atoms with van der Waals surface area (Å²) in [7, 11) is 0. The highest BCUT2D eigenvalue weighted by Crippen LogP contribution is 2.30. The van der Waals surface area contributed by atoms with Gasteiger partial charge >= 0.3 is 5.97 Å². The maximum Gasteiger partial charge on any atom is 0.311 e. The molecule has 0 aliphatic heterocycles. The molecule has 19 heavy (non-hydrogen) atoms. The van der Waals surface area contributed by atoms with Crippen molar-refractivity contribution in [3.63, 3.8) is 0 Å². The van der Waals surface area contributed by atoms with Crippen LogP contribution in [0.3, 0.4) is 0 Å². The maximum absolute atomic E-state index is 11.9. The van der Waals surface area contributed by atoms with Gasteiger partial charge in [-0.15, -0.1) is 0 Å². The molecular weight excluding hydrogens is 244 g/mol. The summed E-state index contributed by atoms with van der Waals surface area (Å²) < 4.78 is 5.21. The van der Waals surface area contributed by atoms with Gasteiger partial charge in [-0.3, -0.25) is 14.4 Å². The topological polar surface area (TPSA) is 60.4 Å². The van der Waals surface area contributed by atoms with E-state index in [1.54, 1.807) is 20.8 Å². The second kappa shape index (κ2) is 6.31. The molecule has 4 nitrogen and oxygen atoms in total. The average Bonchev–Trinajstić information content (AvgIpc) is 2.20. The van der Waals surface area contributed by atoms with Gasteiger partial charge in [0.2, 0.25) is 0 Å². The lowest BCUT2D eigenvalue weighted by Crippen LogP contribution is -2.43. The van der Waals surface area contributed by atoms with E-state index < -0.39 is 16.8 Å². The number of rotatable bonds is 6. The standard InChI is InChI=1S/C15H26O4/c1-10(2)8-15(11(3)16,12(4)17)9-19-13(18)14(5,6)7/h10H,8-9H2,1-7H3. The Balaban J connectivity index is 5.12. The van der Waals surface area contributed by atoms with Gasteiger partial charge in [0, 0.05) is 0 Å². The summed E-state index contributed by atoms with van der Waals surface area (Å²) >= 11 is 0. The van der Waals surface area contributed by atoms with Gasteiger partial charge in [-0.1, -0.05) is 13.8 Å². The summed E-state index contributed by atoms with van der Waals surface area (Å²) in [5.74, 6) is -0.713. The van der Waals surface area contributed by atoms with E-state index in [4.69, 9.17) is 4.74 Å².